The van der Waals surface area contributed by atoms with Gasteiger partial charge in [-0.3, -0.25) is 4.68 Å². The third-order valence-corrected chi connectivity index (χ3v) is 2.60. The summed E-state index contributed by atoms with van der Waals surface area (Å²) in [6.45, 7) is 0.813. The van der Waals surface area contributed by atoms with Gasteiger partial charge in [-0.15, -0.1) is 0 Å². The minimum absolute atomic E-state index is 0.192. The summed E-state index contributed by atoms with van der Waals surface area (Å²) in [4.78, 5) is 7.27. The van der Waals surface area contributed by atoms with Crippen molar-refractivity contribution in [2.75, 3.05) is 11.9 Å². The van der Waals surface area contributed by atoms with Gasteiger partial charge in [0.05, 0.1) is 6.54 Å². The molecule has 0 fully saturated rings. The second-order valence-corrected chi connectivity index (χ2v) is 4.09. The zero-order valence-corrected chi connectivity index (χ0v) is 10.5. The Morgan fingerprint density at radius 2 is 1.90 bits per heavy atom. The summed E-state index contributed by atoms with van der Waals surface area (Å²) in [6, 6.07) is 1.76. The van der Waals surface area contributed by atoms with Crippen LogP contribution in [0.3, 0.4) is 0 Å². The highest BCUT2D eigenvalue weighted by atomic mass is 19.4. The van der Waals surface area contributed by atoms with Crippen LogP contribution in [0, 0.1) is 0 Å². The molecule has 0 bridgehead atoms. The molecule has 2 heterocycles. The molecule has 5 nitrogen and oxygen atoms in total. The molecule has 0 radical (unpaired) electrons. The summed E-state index contributed by atoms with van der Waals surface area (Å²) < 4.78 is 64.1. The molecule has 2 aromatic rings. The number of nitrogens with zero attached hydrogens (tertiary/aromatic N) is 4. The first-order chi connectivity index (χ1) is 9.80. The van der Waals surface area contributed by atoms with Crippen molar-refractivity contribution in [1.29, 1.82) is 0 Å². The van der Waals surface area contributed by atoms with Crippen LogP contribution in [0.1, 0.15) is 5.56 Å². The van der Waals surface area contributed by atoms with Gasteiger partial charge < -0.3 is 5.32 Å². The van der Waals surface area contributed by atoms with Crippen molar-refractivity contribution in [2.24, 2.45) is 0 Å². The SMILES string of the molecule is FC(F)(F)C(F)(F)c1ccc(NCCn2cncn2)nc1. The molecule has 21 heavy (non-hydrogen) atoms. The first kappa shape index (κ1) is 15.1. The highest BCUT2D eigenvalue weighted by molar-refractivity contribution is 5.36. The lowest BCUT2D eigenvalue weighted by Gasteiger charge is -2.19. The Morgan fingerprint density at radius 3 is 2.43 bits per heavy atom. The Hall–Kier alpha value is -2.26. The molecule has 0 spiro atoms. The molecule has 0 atom stereocenters. The van der Waals surface area contributed by atoms with E-state index in [0.29, 0.717) is 25.4 Å². The Kier molecular flexibility index (Phi) is 4.05. The maximum Gasteiger partial charge on any atom is 0.458 e. The summed E-state index contributed by atoms with van der Waals surface area (Å²) in [6.07, 6.45) is -2.30. The minimum Gasteiger partial charge on any atom is -0.368 e. The summed E-state index contributed by atoms with van der Waals surface area (Å²) in [5.41, 5.74) is -1.20. The molecule has 0 unspecified atom stereocenters. The molecule has 0 saturated carbocycles. The van der Waals surface area contributed by atoms with Crippen LogP contribution in [0.2, 0.25) is 0 Å². The Bertz CT molecular complexity index is 564. The van der Waals surface area contributed by atoms with Gasteiger partial charge >= 0.3 is 12.1 Å². The minimum atomic E-state index is -5.64. The summed E-state index contributed by atoms with van der Waals surface area (Å²) >= 11 is 0. The van der Waals surface area contributed by atoms with Gasteiger partial charge in [0.1, 0.15) is 18.5 Å². The molecule has 2 aromatic heterocycles. The summed E-state index contributed by atoms with van der Waals surface area (Å²) in [7, 11) is 0. The number of alkyl halides is 5. The monoisotopic (exact) mass is 307 g/mol. The zero-order valence-electron chi connectivity index (χ0n) is 10.5. The van der Waals surface area contributed by atoms with Gasteiger partial charge in [0, 0.05) is 18.3 Å². The fraction of sp³-hybridized carbons (Fsp3) is 0.364. The average Bonchev–Trinajstić information content (AvgIpc) is 2.91. The van der Waals surface area contributed by atoms with Gasteiger partial charge in [-0.05, 0) is 12.1 Å². The molecule has 0 aliphatic heterocycles. The molecular formula is C11H10F5N5. The van der Waals surface area contributed by atoms with E-state index >= 15 is 0 Å². The maximum atomic E-state index is 13.0. The summed E-state index contributed by atoms with van der Waals surface area (Å²) in [5.74, 6) is -4.73. The summed E-state index contributed by atoms with van der Waals surface area (Å²) in [5, 5.41) is 6.62. The van der Waals surface area contributed by atoms with E-state index in [0.717, 1.165) is 6.07 Å². The number of hydrogen-bond acceptors (Lipinski definition) is 4. The van der Waals surface area contributed by atoms with Gasteiger partial charge in [-0.1, -0.05) is 0 Å². The molecule has 0 aromatic carbocycles. The fourth-order valence-corrected chi connectivity index (χ4v) is 1.49. The topological polar surface area (TPSA) is 55.6 Å². The van der Waals surface area contributed by atoms with E-state index in [1.807, 2.05) is 0 Å². The van der Waals surface area contributed by atoms with Crippen LogP contribution in [-0.2, 0) is 12.5 Å². The number of aromatic nitrogens is 4. The van der Waals surface area contributed by atoms with Crippen molar-refractivity contribution in [3.8, 4) is 0 Å². The lowest BCUT2D eigenvalue weighted by molar-refractivity contribution is -0.289. The van der Waals surface area contributed by atoms with Gasteiger partial charge in [-0.2, -0.15) is 27.1 Å². The largest absolute Gasteiger partial charge is 0.458 e. The Morgan fingerprint density at radius 1 is 1.14 bits per heavy atom. The second-order valence-electron chi connectivity index (χ2n) is 4.09. The second kappa shape index (κ2) is 5.62. The molecule has 1 N–H and O–H groups in total. The smallest absolute Gasteiger partial charge is 0.368 e. The van der Waals surface area contributed by atoms with Crippen LogP contribution in [0.5, 0.6) is 0 Å². The van der Waals surface area contributed by atoms with Crippen LogP contribution in [0.4, 0.5) is 27.8 Å². The number of rotatable bonds is 5. The number of nitrogens with one attached hydrogen (secondary N) is 1. The molecule has 0 aliphatic rings. The van der Waals surface area contributed by atoms with E-state index in [1.54, 1.807) is 0 Å². The van der Waals surface area contributed by atoms with Crippen molar-refractivity contribution in [1.82, 2.24) is 19.7 Å². The van der Waals surface area contributed by atoms with Crippen LogP contribution in [-0.4, -0.2) is 32.5 Å². The molecule has 2 rings (SSSR count). The maximum absolute atomic E-state index is 13.0. The number of hydrogen-bond donors (Lipinski definition) is 1. The Balaban J connectivity index is 1.96. The van der Waals surface area contributed by atoms with Crippen molar-refractivity contribution in [3.05, 3.63) is 36.5 Å². The first-order valence-corrected chi connectivity index (χ1v) is 5.78. The average molecular weight is 307 g/mol. The zero-order chi connectivity index (χ0) is 15.5. The highest BCUT2D eigenvalue weighted by Crippen LogP contribution is 2.43. The quantitative estimate of drug-likeness (QED) is 0.862. The van der Waals surface area contributed by atoms with E-state index in [9.17, 15) is 22.0 Å². The van der Waals surface area contributed by atoms with E-state index in [2.05, 4.69) is 20.4 Å². The van der Waals surface area contributed by atoms with E-state index < -0.39 is 17.7 Å². The van der Waals surface area contributed by atoms with E-state index in [4.69, 9.17) is 0 Å². The lowest BCUT2D eigenvalue weighted by atomic mass is 10.1. The number of anilines is 1. The standard InChI is InChI=1S/C11H10F5N5/c12-10(13,11(14,15)16)8-1-2-9(19-5-8)18-3-4-21-7-17-6-20-21/h1-2,5-7H,3-4H2,(H,18,19). The normalized spacial score (nSPS) is 12.4. The fourth-order valence-electron chi connectivity index (χ4n) is 1.49. The molecule has 10 heteroatoms. The van der Waals surface area contributed by atoms with Gasteiger partial charge in [0.15, 0.2) is 0 Å². The van der Waals surface area contributed by atoms with E-state index in [1.165, 1.54) is 17.3 Å². The Labute approximate surface area is 115 Å². The van der Waals surface area contributed by atoms with Crippen molar-refractivity contribution >= 4 is 5.82 Å². The first-order valence-electron chi connectivity index (χ1n) is 5.78. The van der Waals surface area contributed by atoms with Gasteiger partial charge in [0.2, 0.25) is 0 Å². The number of pyridine rings is 1. The van der Waals surface area contributed by atoms with Gasteiger partial charge in [0.25, 0.3) is 0 Å². The molecule has 0 saturated heterocycles. The van der Waals surface area contributed by atoms with E-state index in [-0.39, 0.29) is 5.82 Å². The molecule has 0 amide bonds. The predicted octanol–water partition coefficient (Wildman–Crippen LogP) is 2.44. The van der Waals surface area contributed by atoms with Crippen LogP contribution in [0.15, 0.2) is 31.0 Å². The number of halogens is 5. The van der Waals surface area contributed by atoms with Gasteiger partial charge in [-0.25, -0.2) is 9.97 Å². The third kappa shape index (κ3) is 3.44. The van der Waals surface area contributed by atoms with Crippen LogP contribution >= 0.6 is 0 Å². The lowest BCUT2D eigenvalue weighted by Crippen LogP contribution is -2.33. The molecule has 0 aliphatic carbocycles. The van der Waals surface area contributed by atoms with Crippen LogP contribution in [0.25, 0.3) is 0 Å². The third-order valence-electron chi connectivity index (χ3n) is 2.60. The van der Waals surface area contributed by atoms with Crippen LogP contribution < -0.4 is 5.32 Å². The predicted molar refractivity (Wildman–Crippen MR) is 62.7 cm³/mol. The van der Waals surface area contributed by atoms with Crippen molar-refractivity contribution in [2.45, 2.75) is 18.6 Å². The van der Waals surface area contributed by atoms with Crippen molar-refractivity contribution < 1.29 is 22.0 Å². The molecule has 114 valence electrons. The van der Waals surface area contributed by atoms with Crippen molar-refractivity contribution in [3.63, 3.8) is 0 Å². The molecular weight excluding hydrogens is 297 g/mol. The highest BCUT2D eigenvalue weighted by Gasteiger charge is 2.58.